The number of piperazine rings is 1. The maximum Gasteiger partial charge on any atom is 0.317 e. The highest BCUT2D eigenvalue weighted by Crippen LogP contribution is 2.31. The molecule has 3 aromatic rings. The number of methoxy groups -OCH3 is 2. The van der Waals surface area contributed by atoms with Crippen LogP contribution in [0, 0.1) is 0 Å². The monoisotopic (exact) mass is 459 g/mol. The van der Waals surface area contributed by atoms with Gasteiger partial charge in [-0.25, -0.2) is 4.79 Å². The van der Waals surface area contributed by atoms with Crippen LogP contribution in [0.15, 0.2) is 78.9 Å². The fourth-order valence-corrected chi connectivity index (χ4v) is 4.19. The molecule has 34 heavy (non-hydrogen) atoms. The van der Waals surface area contributed by atoms with Crippen LogP contribution in [0.25, 0.3) is 0 Å². The minimum atomic E-state index is -0.266. The van der Waals surface area contributed by atoms with E-state index in [4.69, 9.17) is 9.47 Å². The summed E-state index contributed by atoms with van der Waals surface area (Å²) in [6.07, 6.45) is 0. The van der Waals surface area contributed by atoms with Crippen LogP contribution in [0.4, 0.5) is 4.79 Å². The van der Waals surface area contributed by atoms with E-state index in [-0.39, 0.29) is 18.0 Å². The van der Waals surface area contributed by atoms with E-state index in [1.807, 2.05) is 65.6 Å². The standard InChI is InChI=1S/C27H29N3O4/c1-33-24-14-13-22(17-25(24)34-2)26(31)30-16-15-29(19-23(30)21-11-7-4-8-12-21)27(32)28-18-20-9-5-3-6-10-20/h3-14,17,23H,15-16,18-19H2,1-2H3,(H,28,32). The molecule has 1 aliphatic heterocycles. The molecule has 1 aliphatic rings. The van der Waals surface area contributed by atoms with Crippen LogP contribution < -0.4 is 14.8 Å². The van der Waals surface area contributed by atoms with Gasteiger partial charge in [-0.1, -0.05) is 60.7 Å². The van der Waals surface area contributed by atoms with E-state index >= 15 is 0 Å². The van der Waals surface area contributed by atoms with Gasteiger partial charge >= 0.3 is 6.03 Å². The Morgan fingerprint density at radius 3 is 2.24 bits per heavy atom. The molecule has 1 fully saturated rings. The second-order valence-corrected chi connectivity index (χ2v) is 8.09. The Morgan fingerprint density at radius 1 is 0.882 bits per heavy atom. The summed E-state index contributed by atoms with van der Waals surface area (Å²) in [5.41, 5.74) is 2.54. The molecule has 4 rings (SSSR count). The second-order valence-electron chi connectivity index (χ2n) is 8.09. The Labute approximate surface area is 199 Å². The Balaban J connectivity index is 1.53. The molecule has 0 spiro atoms. The van der Waals surface area contributed by atoms with Gasteiger partial charge in [-0.3, -0.25) is 4.79 Å². The molecule has 176 valence electrons. The van der Waals surface area contributed by atoms with E-state index < -0.39 is 0 Å². The number of benzene rings is 3. The Morgan fingerprint density at radius 2 is 1.56 bits per heavy atom. The van der Waals surface area contributed by atoms with Crippen molar-refractivity contribution in [3.05, 3.63) is 95.6 Å². The van der Waals surface area contributed by atoms with E-state index in [1.54, 1.807) is 37.3 Å². The Kier molecular flexibility index (Phi) is 7.32. The maximum absolute atomic E-state index is 13.5. The molecule has 0 bridgehead atoms. The van der Waals surface area contributed by atoms with Gasteiger partial charge in [0.2, 0.25) is 0 Å². The maximum atomic E-state index is 13.5. The van der Waals surface area contributed by atoms with E-state index in [1.165, 1.54) is 0 Å². The van der Waals surface area contributed by atoms with Crippen molar-refractivity contribution in [2.45, 2.75) is 12.6 Å². The largest absolute Gasteiger partial charge is 0.493 e. The zero-order chi connectivity index (χ0) is 23.9. The lowest BCUT2D eigenvalue weighted by molar-refractivity contribution is 0.0505. The number of carbonyl (C=O) groups is 2. The van der Waals surface area contributed by atoms with Gasteiger partial charge in [0.15, 0.2) is 11.5 Å². The summed E-state index contributed by atoms with van der Waals surface area (Å²) >= 11 is 0. The molecule has 0 aliphatic carbocycles. The number of hydrogen-bond donors (Lipinski definition) is 1. The van der Waals surface area contributed by atoms with Crippen molar-refractivity contribution in [2.24, 2.45) is 0 Å². The Hall–Kier alpha value is -4.00. The number of amides is 3. The lowest BCUT2D eigenvalue weighted by Crippen LogP contribution is -2.54. The lowest BCUT2D eigenvalue weighted by atomic mass is 10.0. The fraction of sp³-hybridized carbons (Fsp3) is 0.259. The van der Waals surface area contributed by atoms with Gasteiger partial charge in [0.05, 0.1) is 20.3 Å². The molecular formula is C27H29N3O4. The summed E-state index contributed by atoms with van der Waals surface area (Å²) in [5, 5.41) is 3.00. The highest BCUT2D eigenvalue weighted by Gasteiger charge is 2.34. The molecule has 0 radical (unpaired) electrons. The van der Waals surface area contributed by atoms with Crippen molar-refractivity contribution in [3.63, 3.8) is 0 Å². The van der Waals surface area contributed by atoms with Crippen LogP contribution >= 0.6 is 0 Å². The summed E-state index contributed by atoms with van der Waals surface area (Å²) in [7, 11) is 3.11. The van der Waals surface area contributed by atoms with Crippen molar-refractivity contribution in [1.82, 2.24) is 15.1 Å². The average molecular weight is 460 g/mol. The second kappa shape index (κ2) is 10.7. The third-order valence-corrected chi connectivity index (χ3v) is 6.03. The number of urea groups is 1. The fourth-order valence-electron chi connectivity index (χ4n) is 4.19. The first-order chi connectivity index (χ1) is 16.6. The summed E-state index contributed by atoms with van der Waals surface area (Å²) in [6.45, 7) is 1.73. The molecule has 0 aromatic heterocycles. The van der Waals surface area contributed by atoms with Gasteiger partial charge in [0.25, 0.3) is 5.91 Å². The molecule has 0 saturated carbocycles. The van der Waals surface area contributed by atoms with E-state index in [2.05, 4.69) is 5.32 Å². The normalized spacial score (nSPS) is 15.5. The van der Waals surface area contributed by atoms with Crippen LogP contribution in [0.2, 0.25) is 0 Å². The molecule has 7 nitrogen and oxygen atoms in total. The quantitative estimate of drug-likeness (QED) is 0.602. The number of ether oxygens (including phenoxy) is 2. The smallest absolute Gasteiger partial charge is 0.317 e. The predicted molar refractivity (Wildman–Crippen MR) is 130 cm³/mol. The molecule has 3 aromatic carbocycles. The van der Waals surface area contributed by atoms with Crippen LogP contribution in [-0.2, 0) is 6.54 Å². The zero-order valence-electron chi connectivity index (χ0n) is 19.4. The number of rotatable bonds is 6. The molecule has 1 heterocycles. The van der Waals surface area contributed by atoms with Crippen LogP contribution in [0.5, 0.6) is 11.5 Å². The van der Waals surface area contributed by atoms with E-state index in [9.17, 15) is 9.59 Å². The van der Waals surface area contributed by atoms with Crippen LogP contribution in [0.3, 0.4) is 0 Å². The Bertz CT molecular complexity index is 1120. The highest BCUT2D eigenvalue weighted by atomic mass is 16.5. The third-order valence-electron chi connectivity index (χ3n) is 6.03. The van der Waals surface area contributed by atoms with Gasteiger partial charge < -0.3 is 24.6 Å². The first kappa shape index (κ1) is 23.2. The molecule has 1 N–H and O–H groups in total. The molecular weight excluding hydrogens is 430 g/mol. The SMILES string of the molecule is COc1ccc(C(=O)N2CCN(C(=O)NCc3ccccc3)CC2c2ccccc2)cc1OC. The number of nitrogens with zero attached hydrogens (tertiary/aromatic N) is 2. The first-order valence-electron chi connectivity index (χ1n) is 11.3. The number of nitrogens with one attached hydrogen (secondary N) is 1. The van der Waals surface area contributed by atoms with Gasteiger partial charge in [-0.15, -0.1) is 0 Å². The number of hydrogen-bond acceptors (Lipinski definition) is 4. The number of carbonyl (C=O) groups excluding carboxylic acids is 2. The molecule has 7 heteroatoms. The summed E-state index contributed by atoms with van der Waals surface area (Å²) in [4.78, 5) is 30.1. The van der Waals surface area contributed by atoms with Gasteiger partial charge in [-0.2, -0.15) is 0 Å². The summed E-state index contributed by atoms with van der Waals surface area (Å²) in [6, 6.07) is 24.4. The predicted octanol–water partition coefficient (Wildman–Crippen LogP) is 4.11. The molecule has 3 amide bonds. The van der Waals surface area contributed by atoms with Crippen molar-refractivity contribution in [2.75, 3.05) is 33.9 Å². The van der Waals surface area contributed by atoms with Gasteiger partial charge in [0, 0.05) is 31.7 Å². The van der Waals surface area contributed by atoms with E-state index in [0.717, 1.165) is 11.1 Å². The highest BCUT2D eigenvalue weighted by molar-refractivity contribution is 5.95. The minimum absolute atomic E-state index is 0.112. The van der Waals surface area contributed by atoms with Crippen LogP contribution in [0.1, 0.15) is 27.5 Å². The molecule has 1 saturated heterocycles. The van der Waals surface area contributed by atoms with Crippen molar-refractivity contribution >= 4 is 11.9 Å². The van der Waals surface area contributed by atoms with Crippen molar-refractivity contribution in [1.29, 1.82) is 0 Å². The first-order valence-corrected chi connectivity index (χ1v) is 11.3. The van der Waals surface area contributed by atoms with Crippen molar-refractivity contribution < 1.29 is 19.1 Å². The summed E-state index contributed by atoms with van der Waals surface area (Å²) in [5.74, 6) is 0.959. The van der Waals surface area contributed by atoms with Crippen LogP contribution in [-0.4, -0.2) is 55.6 Å². The lowest BCUT2D eigenvalue weighted by Gasteiger charge is -2.41. The topological polar surface area (TPSA) is 71.1 Å². The zero-order valence-corrected chi connectivity index (χ0v) is 19.4. The average Bonchev–Trinajstić information content (AvgIpc) is 2.91. The minimum Gasteiger partial charge on any atom is -0.493 e. The van der Waals surface area contributed by atoms with Crippen molar-refractivity contribution in [3.8, 4) is 11.5 Å². The van der Waals surface area contributed by atoms with Gasteiger partial charge in [0.1, 0.15) is 0 Å². The van der Waals surface area contributed by atoms with E-state index in [0.29, 0.717) is 43.2 Å². The van der Waals surface area contributed by atoms with Gasteiger partial charge in [-0.05, 0) is 29.3 Å². The molecule has 1 unspecified atom stereocenters. The summed E-state index contributed by atoms with van der Waals surface area (Å²) < 4.78 is 10.7. The third kappa shape index (κ3) is 5.14. The molecule has 1 atom stereocenters.